The lowest BCUT2D eigenvalue weighted by atomic mass is 10.1. The Morgan fingerprint density at radius 1 is 1.47 bits per heavy atom. The van der Waals surface area contributed by atoms with Gasteiger partial charge in [0.15, 0.2) is 0 Å². The number of carbonyl (C=O) groups excluding carboxylic acids is 1. The maximum atomic E-state index is 11.5. The molecule has 0 aliphatic carbocycles. The van der Waals surface area contributed by atoms with E-state index >= 15 is 0 Å². The van der Waals surface area contributed by atoms with Crippen LogP contribution in [-0.2, 0) is 4.79 Å². The van der Waals surface area contributed by atoms with E-state index in [-0.39, 0.29) is 18.6 Å². The van der Waals surface area contributed by atoms with E-state index in [1.54, 1.807) is 0 Å². The summed E-state index contributed by atoms with van der Waals surface area (Å²) in [4.78, 5) is 13.8. The molecule has 0 saturated carbocycles. The highest BCUT2D eigenvalue weighted by atomic mass is 16.2. The lowest BCUT2D eigenvalue weighted by Gasteiger charge is -2.34. The molecule has 4 nitrogen and oxygen atoms in total. The Morgan fingerprint density at radius 2 is 2.27 bits per heavy atom. The SMILES string of the molecule is CCC1C(=O)NCCN1CCCCCO. The number of piperazine rings is 1. The number of aliphatic hydroxyl groups excluding tert-OH is 1. The summed E-state index contributed by atoms with van der Waals surface area (Å²) in [5.74, 6) is 0.172. The number of carbonyl (C=O) groups is 1. The van der Waals surface area contributed by atoms with Gasteiger partial charge in [0.05, 0.1) is 6.04 Å². The van der Waals surface area contributed by atoms with E-state index in [4.69, 9.17) is 5.11 Å². The fourth-order valence-electron chi connectivity index (χ4n) is 2.08. The van der Waals surface area contributed by atoms with Crippen LogP contribution in [0.5, 0.6) is 0 Å². The number of aliphatic hydroxyl groups is 1. The predicted octanol–water partition coefficient (Wildman–Crippen LogP) is 0.359. The summed E-state index contributed by atoms with van der Waals surface area (Å²) >= 11 is 0. The number of amides is 1. The van der Waals surface area contributed by atoms with Gasteiger partial charge in [-0.3, -0.25) is 9.69 Å². The first kappa shape index (κ1) is 12.5. The van der Waals surface area contributed by atoms with Gasteiger partial charge in [-0.15, -0.1) is 0 Å². The summed E-state index contributed by atoms with van der Waals surface area (Å²) in [6.07, 6.45) is 3.87. The van der Waals surface area contributed by atoms with E-state index in [1.165, 1.54) is 0 Å². The molecule has 0 bridgehead atoms. The Morgan fingerprint density at radius 3 is 2.93 bits per heavy atom. The molecule has 1 aliphatic rings. The van der Waals surface area contributed by atoms with Crippen LogP contribution in [0.2, 0.25) is 0 Å². The molecular formula is C11H22N2O2. The van der Waals surface area contributed by atoms with Crippen molar-refractivity contribution in [3.63, 3.8) is 0 Å². The number of nitrogens with zero attached hydrogens (tertiary/aromatic N) is 1. The van der Waals surface area contributed by atoms with Crippen molar-refractivity contribution in [1.82, 2.24) is 10.2 Å². The van der Waals surface area contributed by atoms with E-state index in [0.717, 1.165) is 45.3 Å². The standard InChI is InChI=1S/C11H22N2O2/c1-2-10-11(15)12-6-8-13(10)7-4-3-5-9-14/h10,14H,2-9H2,1H3,(H,12,15). The van der Waals surface area contributed by atoms with Crippen molar-refractivity contribution in [2.45, 2.75) is 38.6 Å². The molecule has 1 aliphatic heterocycles. The van der Waals surface area contributed by atoms with E-state index in [2.05, 4.69) is 17.1 Å². The van der Waals surface area contributed by atoms with Gasteiger partial charge in [-0.2, -0.15) is 0 Å². The second-order valence-electron chi connectivity index (χ2n) is 4.04. The molecule has 2 N–H and O–H groups in total. The van der Waals surface area contributed by atoms with Gasteiger partial charge in [-0.1, -0.05) is 6.92 Å². The van der Waals surface area contributed by atoms with Gasteiger partial charge < -0.3 is 10.4 Å². The summed E-state index contributed by atoms with van der Waals surface area (Å²) in [6.45, 7) is 5.04. The molecule has 0 aromatic rings. The van der Waals surface area contributed by atoms with Crippen LogP contribution in [0.15, 0.2) is 0 Å². The highest BCUT2D eigenvalue weighted by Gasteiger charge is 2.26. The molecule has 1 amide bonds. The van der Waals surface area contributed by atoms with Crippen molar-refractivity contribution < 1.29 is 9.90 Å². The van der Waals surface area contributed by atoms with E-state index < -0.39 is 0 Å². The maximum Gasteiger partial charge on any atom is 0.237 e. The van der Waals surface area contributed by atoms with Crippen LogP contribution in [-0.4, -0.2) is 48.2 Å². The van der Waals surface area contributed by atoms with Crippen LogP contribution in [0.25, 0.3) is 0 Å². The zero-order valence-electron chi connectivity index (χ0n) is 9.54. The highest BCUT2D eigenvalue weighted by molar-refractivity contribution is 5.82. The normalized spacial score (nSPS) is 22.8. The molecule has 1 unspecified atom stereocenters. The smallest absolute Gasteiger partial charge is 0.237 e. The minimum Gasteiger partial charge on any atom is -0.396 e. The molecule has 1 heterocycles. The van der Waals surface area contributed by atoms with Gasteiger partial charge in [0.2, 0.25) is 5.91 Å². The lowest BCUT2D eigenvalue weighted by molar-refractivity contribution is -0.129. The minimum atomic E-state index is 0.0628. The van der Waals surface area contributed by atoms with Gasteiger partial charge in [-0.05, 0) is 32.2 Å². The second-order valence-corrected chi connectivity index (χ2v) is 4.04. The molecule has 15 heavy (non-hydrogen) atoms. The fraction of sp³-hybridized carbons (Fsp3) is 0.909. The first-order chi connectivity index (χ1) is 7.29. The van der Waals surface area contributed by atoms with Gasteiger partial charge >= 0.3 is 0 Å². The molecule has 1 atom stereocenters. The number of hydrogen-bond acceptors (Lipinski definition) is 3. The molecule has 1 fully saturated rings. The molecule has 0 aromatic heterocycles. The van der Waals surface area contributed by atoms with Crippen LogP contribution in [0.4, 0.5) is 0 Å². The number of nitrogens with one attached hydrogen (secondary N) is 1. The number of rotatable bonds is 6. The van der Waals surface area contributed by atoms with Crippen LogP contribution in [0.3, 0.4) is 0 Å². The number of unbranched alkanes of at least 4 members (excludes halogenated alkanes) is 2. The minimum absolute atomic E-state index is 0.0628. The summed E-state index contributed by atoms with van der Waals surface area (Å²) in [5, 5.41) is 11.6. The van der Waals surface area contributed by atoms with Gasteiger partial charge in [0.1, 0.15) is 0 Å². The van der Waals surface area contributed by atoms with Crippen LogP contribution >= 0.6 is 0 Å². The van der Waals surface area contributed by atoms with Crippen molar-refractivity contribution in [3.8, 4) is 0 Å². The van der Waals surface area contributed by atoms with Gasteiger partial charge in [0.25, 0.3) is 0 Å². The predicted molar refractivity (Wildman–Crippen MR) is 59.6 cm³/mol. The van der Waals surface area contributed by atoms with Crippen molar-refractivity contribution in [2.75, 3.05) is 26.2 Å². The van der Waals surface area contributed by atoms with Crippen molar-refractivity contribution >= 4 is 5.91 Å². The van der Waals surface area contributed by atoms with Crippen molar-refractivity contribution in [1.29, 1.82) is 0 Å². The third-order valence-electron chi connectivity index (χ3n) is 2.93. The topological polar surface area (TPSA) is 52.6 Å². The van der Waals surface area contributed by atoms with Crippen LogP contribution in [0.1, 0.15) is 32.6 Å². The Bertz CT molecular complexity index is 197. The zero-order chi connectivity index (χ0) is 11.1. The average molecular weight is 214 g/mol. The summed E-state index contributed by atoms with van der Waals surface area (Å²) in [5.41, 5.74) is 0. The van der Waals surface area contributed by atoms with E-state index in [9.17, 15) is 4.79 Å². The Labute approximate surface area is 91.6 Å². The highest BCUT2D eigenvalue weighted by Crippen LogP contribution is 2.10. The van der Waals surface area contributed by atoms with Crippen molar-refractivity contribution in [3.05, 3.63) is 0 Å². The van der Waals surface area contributed by atoms with Crippen LogP contribution < -0.4 is 5.32 Å². The monoisotopic (exact) mass is 214 g/mol. The number of hydrogen-bond donors (Lipinski definition) is 2. The Kier molecular flexibility index (Phi) is 5.65. The molecule has 0 radical (unpaired) electrons. The summed E-state index contributed by atoms with van der Waals surface area (Å²) in [7, 11) is 0. The first-order valence-electron chi connectivity index (χ1n) is 5.92. The first-order valence-corrected chi connectivity index (χ1v) is 5.92. The largest absolute Gasteiger partial charge is 0.396 e. The third kappa shape index (κ3) is 3.80. The zero-order valence-corrected chi connectivity index (χ0v) is 9.54. The lowest BCUT2D eigenvalue weighted by Crippen LogP contribution is -2.55. The van der Waals surface area contributed by atoms with Crippen LogP contribution in [0, 0.1) is 0 Å². The maximum absolute atomic E-state index is 11.5. The van der Waals surface area contributed by atoms with Gasteiger partial charge in [0, 0.05) is 19.7 Å². The van der Waals surface area contributed by atoms with Crippen molar-refractivity contribution in [2.24, 2.45) is 0 Å². The fourth-order valence-corrected chi connectivity index (χ4v) is 2.08. The molecular weight excluding hydrogens is 192 g/mol. The second kappa shape index (κ2) is 6.80. The molecule has 0 aromatic carbocycles. The Balaban J connectivity index is 2.28. The Hall–Kier alpha value is -0.610. The van der Waals surface area contributed by atoms with E-state index in [0.29, 0.717) is 0 Å². The molecule has 1 saturated heterocycles. The van der Waals surface area contributed by atoms with E-state index in [1.807, 2.05) is 0 Å². The molecule has 1 rings (SSSR count). The average Bonchev–Trinajstić information content (AvgIpc) is 2.24. The van der Waals surface area contributed by atoms with Gasteiger partial charge in [-0.25, -0.2) is 0 Å². The molecule has 0 spiro atoms. The summed E-state index contributed by atoms with van der Waals surface area (Å²) < 4.78 is 0. The summed E-state index contributed by atoms with van der Waals surface area (Å²) in [6, 6.07) is 0.0628. The third-order valence-corrected chi connectivity index (χ3v) is 2.93. The molecule has 4 heteroatoms. The molecule has 88 valence electrons. The quantitative estimate of drug-likeness (QED) is 0.628.